The van der Waals surface area contributed by atoms with E-state index < -0.39 is 0 Å². The quantitative estimate of drug-likeness (QED) is 0.867. The molecule has 0 bridgehead atoms. The minimum atomic E-state index is 0.551. The van der Waals surface area contributed by atoms with Gasteiger partial charge in [-0.15, -0.1) is 0 Å². The van der Waals surface area contributed by atoms with Gasteiger partial charge in [-0.1, -0.05) is 19.3 Å². The molecule has 2 rings (SSSR count). The molecule has 0 atom stereocenters. The average Bonchev–Trinajstić information content (AvgIpc) is 2.24. The Kier molecular flexibility index (Phi) is 3.46. The van der Waals surface area contributed by atoms with Crippen molar-refractivity contribution in [2.45, 2.75) is 38.1 Å². The van der Waals surface area contributed by atoms with Crippen LogP contribution in [0.4, 0.5) is 11.5 Å². The SMILES string of the molecule is Nc1cc(Br)cnc1NC1CCCCC1. The van der Waals surface area contributed by atoms with Crippen LogP contribution in [-0.4, -0.2) is 11.0 Å². The van der Waals surface area contributed by atoms with Gasteiger partial charge in [-0.2, -0.15) is 0 Å². The number of nitrogen functional groups attached to an aromatic ring is 1. The number of halogens is 1. The van der Waals surface area contributed by atoms with E-state index in [9.17, 15) is 0 Å². The van der Waals surface area contributed by atoms with E-state index in [4.69, 9.17) is 5.73 Å². The number of anilines is 2. The van der Waals surface area contributed by atoms with Gasteiger partial charge in [0.15, 0.2) is 0 Å². The summed E-state index contributed by atoms with van der Waals surface area (Å²) in [5.74, 6) is 0.824. The van der Waals surface area contributed by atoms with Crippen LogP contribution in [-0.2, 0) is 0 Å². The molecule has 82 valence electrons. The van der Waals surface area contributed by atoms with E-state index in [2.05, 4.69) is 26.2 Å². The maximum atomic E-state index is 5.88. The Bertz CT molecular complexity index is 335. The third-order valence-electron chi connectivity index (χ3n) is 2.83. The fraction of sp³-hybridized carbons (Fsp3) is 0.545. The molecule has 0 aromatic carbocycles. The molecule has 3 N–H and O–H groups in total. The molecule has 0 aliphatic heterocycles. The molecule has 1 saturated carbocycles. The van der Waals surface area contributed by atoms with Gasteiger partial charge in [0.1, 0.15) is 5.82 Å². The summed E-state index contributed by atoms with van der Waals surface area (Å²) in [6.07, 6.45) is 8.24. The van der Waals surface area contributed by atoms with Crippen LogP contribution in [0.15, 0.2) is 16.7 Å². The van der Waals surface area contributed by atoms with Crippen molar-refractivity contribution < 1.29 is 0 Å². The molecule has 1 aliphatic rings. The van der Waals surface area contributed by atoms with Gasteiger partial charge in [0, 0.05) is 16.7 Å². The Morgan fingerprint density at radius 3 is 2.73 bits per heavy atom. The number of nitrogens with two attached hydrogens (primary N) is 1. The Hall–Kier alpha value is -0.770. The van der Waals surface area contributed by atoms with Crippen molar-refractivity contribution in [1.29, 1.82) is 0 Å². The lowest BCUT2D eigenvalue weighted by molar-refractivity contribution is 0.462. The maximum absolute atomic E-state index is 5.88. The first kappa shape index (κ1) is 10.7. The Labute approximate surface area is 98.6 Å². The second-order valence-electron chi connectivity index (χ2n) is 4.07. The third-order valence-corrected chi connectivity index (χ3v) is 3.26. The van der Waals surface area contributed by atoms with Gasteiger partial charge in [0.25, 0.3) is 0 Å². The highest BCUT2D eigenvalue weighted by molar-refractivity contribution is 9.10. The van der Waals surface area contributed by atoms with Crippen molar-refractivity contribution in [3.8, 4) is 0 Å². The second kappa shape index (κ2) is 4.84. The summed E-state index contributed by atoms with van der Waals surface area (Å²) >= 11 is 3.35. The van der Waals surface area contributed by atoms with Gasteiger partial charge < -0.3 is 11.1 Å². The smallest absolute Gasteiger partial charge is 0.149 e. The lowest BCUT2D eigenvalue weighted by Gasteiger charge is -2.23. The number of nitrogens with zero attached hydrogens (tertiary/aromatic N) is 1. The predicted molar refractivity (Wildman–Crippen MR) is 66.8 cm³/mol. The summed E-state index contributed by atoms with van der Waals surface area (Å²) in [4.78, 5) is 4.29. The zero-order chi connectivity index (χ0) is 10.7. The molecule has 15 heavy (non-hydrogen) atoms. The first-order chi connectivity index (χ1) is 7.25. The van der Waals surface area contributed by atoms with E-state index in [-0.39, 0.29) is 0 Å². The third kappa shape index (κ3) is 2.84. The van der Waals surface area contributed by atoms with E-state index in [1.807, 2.05) is 6.07 Å². The molecule has 3 nitrogen and oxygen atoms in total. The summed E-state index contributed by atoms with van der Waals surface area (Å²) in [5, 5.41) is 3.42. The van der Waals surface area contributed by atoms with E-state index in [1.54, 1.807) is 6.20 Å². The minimum Gasteiger partial charge on any atom is -0.396 e. The molecule has 0 spiro atoms. The van der Waals surface area contributed by atoms with Crippen molar-refractivity contribution in [3.63, 3.8) is 0 Å². The van der Waals surface area contributed by atoms with E-state index in [0.717, 1.165) is 16.0 Å². The van der Waals surface area contributed by atoms with E-state index in [1.165, 1.54) is 32.1 Å². The largest absolute Gasteiger partial charge is 0.396 e. The van der Waals surface area contributed by atoms with Crippen LogP contribution in [0.5, 0.6) is 0 Å². The predicted octanol–water partition coefficient (Wildman–Crippen LogP) is 3.17. The second-order valence-corrected chi connectivity index (χ2v) is 4.99. The topological polar surface area (TPSA) is 50.9 Å². The van der Waals surface area contributed by atoms with Gasteiger partial charge in [0.05, 0.1) is 5.69 Å². The van der Waals surface area contributed by atoms with Gasteiger partial charge in [-0.05, 0) is 34.8 Å². The van der Waals surface area contributed by atoms with Gasteiger partial charge >= 0.3 is 0 Å². The molecule has 1 aromatic rings. The molecular weight excluding hydrogens is 254 g/mol. The Morgan fingerprint density at radius 2 is 2.07 bits per heavy atom. The lowest BCUT2D eigenvalue weighted by Crippen LogP contribution is -2.23. The summed E-state index contributed by atoms with van der Waals surface area (Å²) in [5.41, 5.74) is 6.60. The molecule has 0 saturated heterocycles. The van der Waals surface area contributed by atoms with Crippen LogP contribution in [0, 0.1) is 0 Å². The highest BCUT2D eigenvalue weighted by Crippen LogP contribution is 2.25. The number of nitrogens with one attached hydrogen (secondary N) is 1. The molecule has 1 aliphatic carbocycles. The van der Waals surface area contributed by atoms with Gasteiger partial charge in [0.2, 0.25) is 0 Å². The first-order valence-electron chi connectivity index (χ1n) is 5.43. The summed E-state index contributed by atoms with van der Waals surface area (Å²) in [6, 6.07) is 2.44. The highest BCUT2D eigenvalue weighted by atomic mass is 79.9. The Morgan fingerprint density at radius 1 is 1.33 bits per heavy atom. The molecule has 1 aromatic heterocycles. The normalized spacial score (nSPS) is 17.7. The van der Waals surface area contributed by atoms with Crippen molar-refractivity contribution >= 4 is 27.4 Å². The maximum Gasteiger partial charge on any atom is 0.149 e. The van der Waals surface area contributed by atoms with Crippen molar-refractivity contribution in [2.24, 2.45) is 0 Å². The molecule has 1 heterocycles. The van der Waals surface area contributed by atoms with Crippen LogP contribution in [0.3, 0.4) is 0 Å². The number of aromatic nitrogens is 1. The standard InChI is InChI=1S/C11H16BrN3/c12-8-6-10(13)11(14-7-8)15-9-4-2-1-3-5-9/h6-7,9H,1-5,13H2,(H,14,15). The van der Waals surface area contributed by atoms with Crippen molar-refractivity contribution in [3.05, 3.63) is 16.7 Å². The van der Waals surface area contributed by atoms with Gasteiger partial charge in [-0.25, -0.2) is 4.98 Å². The number of pyridine rings is 1. The van der Waals surface area contributed by atoms with E-state index in [0.29, 0.717) is 6.04 Å². The molecule has 4 heteroatoms. The van der Waals surface area contributed by atoms with Crippen LogP contribution in [0.1, 0.15) is 32.1 Å². The van der Waals surface area contributed by atoms with Crippen molar-refractivity contribution in [1.82, 2.24) is 4.98 Å². The summed E-state index contributed by atoms with van der Waals surface area (Å²) < 4.78 is 0.925. The van der Waals surface area contributed by atoms with Crippen LogP contribution < -0.4 is 11.1 Å². The molecule has 0 amide bonds. The minimum absolute atomic E-state index is 0.551. The average molecular weight is 270 g/mol. The highest BCUT2D eigenvalue weighted by Gasteiger charge is 2.14. The van der Waals surface area contributed by atoms with Crippen molar-refractivity contribution in [2.75, 3.05) is 11.1 Å². The molecule has 1 fully saturated rings. The summed E-state index contributed by atoms with van der Waals surface area (Å²) in [7, 11) is 0. The van der Waals surface area contributed by atoms with Crippen LogP contribution in [0.2, 0.25) is 0 Å². The molecule has 0 unspecified atom stereocenters. The Balaban J connectivity index is 2.03. The lowest BCUT2D eigenvalue weighted by atomic mass is 9.95. The first-order valence-corrected chi connectivity index (χ1v) is 6.22. The van der Waals surface area contributed by atoms with Crippen LogP contribution in [0.25, 0.3) is 0 Å². The van der Waals surface area contributed by atoms with E-state index >= 15 is 0 Å². The van der Waals surface area contributed by atoms with Gasteiger partial charge in [-0.3, -0.25) is 0 Å². The zero-order valence-corrected chi connectivity index (χ0v) is 10.3. The fourth-order valence-electron chi connectivity index (χ4n) is 2.02. The zero-order valence-electron chi connectivity index (χ0n) is 8.67. The number of rotatable bonds is 2. The number of hydrogen-bond donors (Lipinski definition) is 2. The summed E-state index contributed by atoms with van der Waals surface area (Å²) in [6.45, 7) is 0. The molecular formula is C11H16BrN3. The van der Waals surface area contributed by atoms with Crippen LogP contribution >= 0.6 is 15.9 Å². The number of hydrogen-bond acceptors (Lipinski definition) is 3. The molecule has 0 radical (unpaired) electrons. The fourth-order valence-corrected chi connectivity index (χ4v) is 2.36. The monoisotopic (exact) mass is 269 g/mol.